The maximum absolute atomic E-state index is 6.14. The lowest BCUT2D eigenvalue weighted by Gasteiger charge is -2.25. The summed E-state index contributed by atoms with van der Waals surface area (Å²) >= 11 is 0. The third-order valence-electron chi connectivity index (χ3n) is 4.81. The number of hydrogen-bond donors (Lipinski definition) is 2. The number of rotatable bonds is 3. The summed E-state index contributed by atoms with van der Waals surface area (Å²) in [4.78, 5) is 0. The summed E-state index contributed by atoms with van der Waals surface area (Å²) in [5.74, 6) is 3.06. The first-order valence-electron chi connectivity index (χ1n) is 7.64. The molecule has 4 heteroatoms. The second-order valence-electron chi connectivity index (χ2n) is 5.94. The van der Waals surface area contributed by atoms with Crippen molar-refractivity contribution in [3.05, 3.63) is 12.1 Å². The van der Waals surface area contributed by atoms with Gasteiger partial charge in [-0.1, -0.05) is 20.3 Å². The molecule has 0 saturated heterocycles. The van der Waals surface area contributed by atoms with Crippen molar-refractivity contribution in [3.8, 4) is 11.5 Å². The van der Waals surface area contributed by atoms with Crippen LogP contribution in [0.3, 0.4) is 0 Å². The molecule has 1 heterocycles. The largest absolute Gasteiger partial charge is 0.486 e. The van der Waals surface area contributed by atoms with Crippen LogP contribution in [0.4, 0.5) is 11.4 Å². The summed E-state index contributed by atoms with van der Waals surface area (Å²) in [5.41, 5.74) is 7.85. The summed E-state index contributed by atoms with van der Waals surface area (Å²) in [6.07, 6.45) is 3.78. The number of anilines is 2. The molecule has 1 aromatic carbocycles. The molecule has 3 rings (SSSR count). The molecule has 0 radical (unpaired) electrons. The van der Waals surface area contributed by atoms with Crippen LogP contribution in [0.1, 0.15) is 33.1 Å². The van der Waals surface area contributed by atoms with E-state index in [-0.39, 0.29) is 0 Å². The molecule has 1 fully saturated rings. The molecule has 20 heavy (non-hydrogen) atoms. The second-order valence-corrected chi connectivity index (χ2v) is 5.94. The van der Waals surface area contributed by atoms with Gasteiger partial charge in [0.25, 0.3) is 0 Å². The molecule has 0 bridgehead atoms. The van der Waals surface area contributed by atoms with Crippen molar-refractivity contribution in [1.29, 1.82) is 0 Å². The SMILES string of the molecule is CCC1CCC(Nc2cc3c(cc2N)OCCO3)C1C. The van der Waals surface area contributed by atoms with Crippen LogP contribution in [-0.4, -0.2) is 19.3 Å². The van der Waals surface area contributed by atoms with Gasteiger partial charge in [-0.25, -0.2) is 0 Å². The molecule has 0 spiro atoms. The van der Waals surface area contributed by atoms with Crippen LogP contribution in [0.25, 0.3) is 0 Å². The van der Waals surface area contributed by atoms with Gasteiger partial charge in [0.05, 0.1) is 11.4 Å². The fraction of sp³-hybridized carbons (Fsp3) is 0.625. The van der Waals surface area contributed by atoms with Crippen LogP contribution in [0.15, 0.2) is 12.1 Å². The Morgan fingerprint density at radius 1 is 1.20 bits per heavy atom. The molecule has 2 aliphatic rings. The zero-order valence-electron chi connectivity index (χ0n) is 12.3. The normalized spacial score (nSPS) is 28.4. The van der Waals surface area contributed by atoms with Crippen molar-refractivity contribution >= 4 is 11.4 Å². The lowest BCUT2D eigenvalue weighted by molar-refractivity contribution is 0.172. The van der Waals surface area contributed by atoms with Gasteiger partial charge >= 0.3 is 0 Å². The monoisotopic (exact) mass is 276 g/mol. The standard InChI is InChI=1S/C16H24N2O2/c1-3-11-4-5-13(10(11)2)18-14-9-16-15(8-12(14)17)19-6-7-20-16/h8-11,13,18H,3-7,17H2,1-2H3. The Hall–Kier alpha value is -1.58. The van der Waals surface area contributed by atoms with E-state index < -0.39 is 0 Å². The summed E-state index contributed by atoms with van der Waals surface area (Å²) in [7, 11) is 0. The summed E-state index contributed by atoms with van der Waals surface area (Å²) in [6.45, 7) is 5.82. The minimum atomic E-state index is 0.504. The third kappa shape index (κ3) is 2.39. The minimum absolute atomic E-state index is 0.504. The van der Waals surface area contributed by atoms with Crippen LogP contribution in [0, 0.1) is 11.8 Å². The van der Waals surface area contributed by atoms with Gasteiger partial charge in [0.15, 0.2) is 11.5 Å². The molecular weight excluding hydrogens is 252 g/mol. The van der Waals surface area contributed by atoms with Crippen molar-refractivity contribution in [2.24, 2.45) is 11.8 Å². The number of benzene rings is 1. The van der Waals surface area contributed by atoms with Gasteiger partial charge in [-0.2, -0.15) is 0 Å². The van der Waals surface area contributed by atoms with Crippen LogP contribution in [0.2, 0.25) is 0 Å². The fourth-order valence-corrected chi connectivity index (χ4v) is 3.46. The van der Waals surface area contributed by atoms with Crippen molar-refractivity contribution in [2.75, 3.05) is 24.3 Å². The lowest BCUT2D eigenvalue weighted by atomic mass is 9.93. The predicted octanol–water partition coefficient (Wildman–Crippen LogP) is 3.28. The Labute approximate surface area is 120 Å². The van der Waals surface area contributed by atoms with Crippen molar-refractivity contribution in [2.45, 2.75) is 39.2 Å². The van der Waals surface area contributed by atoms with E-state index in [0.717, 1.165) is 28.8 Å². The van der Waals surface area contributed by atoms with Gasteiger partial charge in [0.1, 0.15) is 13.2 Å². The smallest absolute Gasteiger partial charge is 0.163 e. The average Bonchev–Trinajstić information content (AvgIpc) is 2.80. The molecule has 1 aromatic rings. The van der Waals surface area contributed by atoms with Crippen molar-refractivity contribution in [1.82, 2.24) is 0 Å². The Morgan fingerprint density at radius 3 is 2.55 bits per heavy atom. The van der Waals surface area contributed by atoms with Gasteiger partial charge in [0.2, 0.25) is 0 Å². The Bertz CT molecular complexity index is 490. The Morgan fingerprint density at radius 2 is 1.90 bits per heavy atom. The molecule has 1 aliphatic heterocycles. The number of nitrogens with one attached hydrogen (secondary N) is 1. The number of hydrogen-bond acceptors (Lipinski definition) is 4. The van der Waals surface area contributed by atoms with Gasteiger partial charge in [0, 0.05) is 18.2 Å². The van der Waals surface area contributed by atoms with E-state index in [9.17, 15) is 0 Å². The fourth-order valence-electron chi connectivity index (χ4n) is 3.46. The molecule has 1 saturated carbocycles. The Balaban J connectivity index is 1.77. The van der Waals surface area contributed by atoms with E-state index in [2.05, 4.69) is 19.2 Å². The molecular formula is C16H24N2O2. The van der Waals surface area contributed by atoms with E-state index in [0.29, 0.717) is 25.2 Å². The van der Waals surface area contributed by atoms with Gasteiger partial charge < -0.3 is 20.5 Å². The van der Waals surface area contributed by atoms with E-state index >= 15 is 0 Å². The van der Waals surface area contributed by atoms with Crippen molar-refractivity contribution < 1.29 is 9.47 Å². The van der Waals surface area contributed by atoms with E-state index in [1.807, 2.05) is 12.1 Å². The van der Waals surface area contributed by atoms with E-state index in [4.69, 9.17) is 15.2 Å². The maximum Gasteiger partial charge on any atom is 0.163 e. The van der Waals surface area contributed by atoms with E-state index in [1.54, 1.807) is 0 Å². The van der Waals surface area contributed by atoms with E-state index in [1.165, 1.54) is 19.3 Å². The first-order valence-corrected chi connectivity index (χ1v) is 7.64. The highest BCUT2D eigenvalue weighted by Crippen LogP contribution is 2.40. The topological polar surface area (TPSA) is 56.5 Å². The highest BCUT2D eigenvalue weighted by atomic mass is 16.6. The molecule has 110 valence electrons. The highest BCUT2D eigenvalue weighted by Gasteiger charge is 2.31. The highest BCUT2D eigenvalue weighted by molar-refractivity contribution is 5.72. The van der Waals surface area contributed by atoms with Crippen LogP contribution < -0.4 is 20.5 Å². The summed E-state index contributed by atoms with van der Waals surface area (Å²) < 4.78 is 11.2. The maximum atomic E-state index is 6.14. The lowest BCUT2D eigenvalue weighted by Crippen LogP contribution is -2.25. The summed E-state index contributed by atoms with van der Waals surface area (Å²) in [6, 6.07) is 4.36. The average molecular weight is 276 g/mol. The number of nitrogen functional groups attached to an aromatic ring is 1. The van der Waals surface area contributed by atoms with Gasteiger partial charge in [-0.3, -0.25) is 0 Å². The summed E-state index contributed by atoms with van der Waals surface area (Å²) in [5, 5.41) is 3.61. The molecule has 1 aliphatic carbocycles. The predicted molar refractivity (Wildman–Crippen MR) is 81.4 cm³/mol. The van der Waals surface area contributed by atoms with Crippen molar-refractivity contribution in [3.63, 3.8) is 0 Å². The molecule has 3 atom stereocenters. The Kier molecular flexibility index (Phi) is 3.64. The molecule has 4 nitrogen and oxygen atoms in total. The molecule has 3 unspecified atom stereocenters. The number of ether oxygens (including phenoxy) is 2. The molecule has 0 amide bonds. The quantitative estimate of drug-likeness (QED) is 0.832. The zero-order chi connectivity index (χ0) is 14.1. The first-order chi connectivity index (χ1) is 9.69. The van der Waals surface area contributed by atoms with Crippen LogP contribution in [0.5, 0.6) is 11.5 Å². The van der Waals surface area contributed by atoms with Gasteiger partial charge in [-0.05, 0) is 24.7 Å². The number of nitrogens with two attached hydrogens (primary N) is 1. The molecule has 3 N–H and O–H groups in total. The van der Waals surface area contributed by atoms with Crippen LogP contribution in [-0.2, 0) is 0 Å². The zero-order valence-corrected chi connectivity index (χ0v) is 12.3. The molecule has 0 aromatic heterocycles. The second kappa shape index (κ2) is 5.43. The number of fused-ring (bicyclic) bond motifs is 1. The van der Waals surface area contributed by atoms with Gasteiger partial charge in [-0.15, -0.1) is 0 Å². The first kappa shape index (κ1) is 13.4. The minimum Gasteiger partial charge on any atom is -0.486 e. The third-order valence-corrected chi connectivity index (χ3v) is 4.81. The van der Waals surface area contributed by atoms with Crippen LogP contribution >= 0.6 is 0 Å².